The van der Waals surface area contributed by atoms with Crippen LogP contribution in [0.1, 0.15) is 42.9 Å². The minimum Gasteiger partial charge on any atom is -0.326 e. The van der Waals surface area contributed by atoms with E-state index in [0.717, 1.165) is 58.9 Å². The molecule has 0 aliphatic heterocycles. The highest BCUT2D eigenvalue weighted by molar-refractivity contribution is 7.43. The van der Waals surface area contributed by atoms with Gasteiger partial charge >= 0.3 is 0 Å². The number of carbonyl (C=O) groups excluding carboxylic acids is 1. The number of carbonyl (C=O) groups is 1. The van der Waals surface area contributed by atoms with Crippen molar-refractivity contribution >= 4 is 25.5 Å². The summed E-state index contributed by atoms with van der Waals surface area (Å²) in [6, 6.07) is 23.9. The fraction of sp³-hybridized carbons (Fsp3) is 0.250. The molecule has 0 bridgehead atoms. The molecule has 33 heavy (non-hydrogen) atoms. The van der Waals surface area contributed by atoms with Crippen molar-refractivity contribution in [3.8, 4) is 11.1 Å². The number of unbranched alkanes of at least 4 members (excludes halogenated alkanes) is 2. The molecule has 0 aliphatic carbocycles. The smallest absolute Gasteiger partial charge is 0.248 e. The Hall–Kier alpha value is -2.94. The summed E-state index contributed by atoms with van der Waals surface area (Å²) in [5.41, 5.74) is 11.7. The molecule has 4 nitrogen and oxygen atoms in total. The maximum absolute atomic E-state index is 12.4. The summed E-state index contributed by atoms with van der Waals surface area (Å²) in [5, 5.41) is 2.89. The van der Waals surface area contributed by atoms with Crippen LogP contribution in [0.2, 0.25) is 0 Å². The van der Waals surface area contributed by atoms with Crippen LogP contribution in [0.4, 0.5) is 5.69 Å². The fourth-order valence-corrected chi connectivity index (χ4v) is 5.12. The molecule has 0 fully saturated rings. The number of nitrogens with one attached hydrogen (secondary N) is 1. The van der Waals surface area contributed by atoms with Gasteiger partial charge < -0.3 is 15.6 Å². The van der Waals surface area contributed by atoms with E-state index in [4.69, 9.17) is 5.73 Å². The van der Waals surface area contributed by atoms with Crippen LogP contribution in [0.5, 0.6) is 0 Å². The van der Waals surface area contributed by atoms with E-state index < -0.39 is 7.80 Å². The highest BCUT2D eigenvalue weighted by Crippen LogP contribution is 2.29. The van der Waals surface area contributed by atoms with E-state index in [1.54, 1.807) is 0 Å². The largest absolute Gasteiger partial charge is 0.326 e. The molecule has 0 heterocycles. The molecule has 3 rings (SSSR count). The van der Waals surface area contributed by atoms with Gasteiger partial charge in [0.05, 0.1) is 7.80 Å². The minimum absolute atomic E-state index is 0.186. The average molecular weight is 461 g/mol. The van der Waals surface area contributed by atoms with Crippen molar-refractivity contribution in [3.05, 3.63) is 95.6 Å². The first-order valence-electron chi connectivity index (χ1n) is 11.6. The zero-order chi connectivity index (χ0) is 23.5. The van der Waals surface area contributed by atoms with Gasteiger partial charge in [-0.2, -0.15) is 0 Å². The van der Waals surface area contributed by atoms with Crippen molar-refractivity contribution in [2.45, 2.75) is 38.9 Å². The second-order valence-corrected chi connectivity index (χ2v) is 10.1. The van der Waals surface area contributed by atoms with Crippen LogP contribution in [0.25, 0.3) is 17.2 Å². The zero-order valence-electron chi connectivity index (χ0n) is 19.2. The lowest BCUT2D eigenvalue weighted by atomic mass is 10.0. The molecule has 172 valence electrons. The predicted octanol–water partition coefficient (Wildman–Crippen LogP) is 6.71. The Morgan fingerprint density at radius 1 is 0.939 bits per heavy atom. The van der Waals surface area contributed by atoms with E-state index >= 15 is 0 Å². The highest BCUT2D eigenvalue weighted by atomic mass is 31.1. The van der Waals surface area contributed by atoms with Crippen molar-refractivity contribution in [1.29, 1.82) is 0 Å². The first kappa shape index (κ1) is 24.7. The molecule has 0 aliphatic rings. The molecule has 0 aromatic heterocycles. The van der Waals surface area contributed by atoms with Crippen LogP contribution in [0.3, 0.4) is 0 Å². The van der Waals surface area contributed by atoms with Crippen molar-refractivity contribution in [3.63, 3.8) is 0 Å². The number of hydrogen-bond acceptors (Lipinski definition) is 3. The molecular formula is C28H33N2O2P. The van der Waals surface area contributed by atoms with Gasteiger partial charge in [-0.3, -0.25) is 4.79 Å². The molecule has 0 radical (unpaired) electrons. The zero-order valence-corrected chi connectivity index (χ0v) is 20.2. The molecule has 5 heteroatoms. The fourth-order valence-electron chi connectivity index (χ4n) is 3.61. The maximum atomic E-state index is 12.4. The third-order valence-corrected chi connectivity index (χ3v) is 7.23. The molecule has 1 atom stereocenters. The third kappa shape index (κ3) is 8.16. The third-order valence-electron chi connectivity index (χ3n) is 5.52. The van der Waals surface area contributed by atoms with E-state index in [0.29, 0.717) is 12.7 Å². The Labute approximate surface area is 197 Å². The first-order valence-corrected chi connectivity index (χ1v) is 13.4. The molecular weight excluding hydrogens is 427 g/mol. The number of amides is 1. The van der Waals surface area contributed by atoms with Crippen LogP contribution in [-0.2, 0) is 22.1 Å². The van der Waals surface area contributed by atoms with Crippen LogP contribution in [0.15, 0.2) is 78.9 Å². The molecule has 1 unspecified atom stereocenters. The van der Waals surface area contributed by atoms with Gasteiger partial charge in [0.2, 0.25) is 5.91 Å². The predicted molar refractivity (Wildman–Crippen MR) is 141 cm³/mol. The lowest BCUT2D eigenvalue weighted by molar-refractivity contribution is -0.111. The van der Waals surface area contributed by atoms with Gasteiger partial charge in [0.1, 0.15) is 0 Å². The second-order valence-electron chi connectivity index (χ2n) is 8.22. The number of benzene rings is 3. The van der Waals surface area contributed by atoms with Gasteiger partial charge in [-0.25, -0.2) is 0 Å². The summed E-state index contributed by atoms with van der Waals surface area (Å²) in [6.45, 7) is 2.68. The molecule has 3 aromatic rings. The van der Waals surface area contributed by atoms with Crippen molar-refractivity contribution in [2.24, 2.45) is 5.73 Å². The topological polar surface area (TPSA) is 72.2 Å². The van der Waals surface area contributed by atoms with E-state index in [2.05, 4.69) is 36.5 Å². The van der Waals surface area contributed by atoms with E-state index in [9.17, 15) is 9.36 Å². The van der Waals surface area contributed by atoms with Gasteiger partial charge in [-0.1, -0.05) is 74.4 Å². The van der Waals surface area contributed by atoms with Crippen LogP contribution in [-0.4, -0.2) is 12.1 Å². The van der Waals surface area contributed by atoms with E-state index in [-0.39, 0.29) is 5.91 Å². The Kier molecular flexibility index (Phi) is 9.68. The van der Waals surface area contributed by atoms with E-state index in [1.165, 1.54) is 6.08 Å². The van der Waals surface area contributed by atoms with Crippen LogP contribution >= 0.6 is 7.80 Å². The van der Waals surface area contributed by atoms with Crippen molar-refractivity contribution in [1.82, 2.24) is 0 Å². The van der Waals surface area contributed by atoms with Gasteiger partial charge in [0, 0.05) is 24.5 Å². The molecule has 1 amide bonds. The first-order chi connectivity index (χ1) is 16.1. The Morgan fingerprint density at radius 2 is 1.67 bits per heavy atom. The average Bonchev–Trinajstić information content (AvgIpc) is 2.84. The molecule has 0 saturated heterocycles. The van der Waals surface area contributed by atoms with Crippen LogP contribution < -0.4 is 11.1 Å². The number of rotatable bonds is 11. The highest BCUT2D eigenvalue weighted by Gasteiger charge is 2.04. The molecule has 0 saturated carbocycles. The van der Waals surface area contributed by atoms with Gasteiger partial charge in [-0.05, 0) is 64.7 Å². The van der Waals surface area contributed by atoms with Crippen molar-refractivity contribution in [2.75, 3.05) is 11.5 Å². The van der Waals surface area contributed by atoms with Crippen molar-refractivity contribution < 1.29 is 9.36 Å². The molecule has 3 N–H and O–H groups in total. The lowest BCUT2D eigenvalue weighted by Crippen LogP contribution is -2.07. The van der Waals surface area contributed by atoms with Gasteiger partial charge in [0.15, 0.2) is 0 Å². The summed E-state index contributed by atoms with van der Waals surface area (Å²) in [6.07, 6.45) is 8.13. The standard InChI is InChI=1S/C28H33N2O2P/c1-2-3-4-18-33(32)21-24-10-15-27(16-11-24)30-28(31)17-12-22-6-5-7-26(19-22)25-13-8-23(20-29)9-14-25/h5-17,19,33H,2-4,18,20-21,29H2,1H3,(H,30,31)/b17-12+. The summed E-state index contributed by atoms with van der Waals surface area (Å²) in [4.78, 5) is 12.4. The Balaban J connectivity index is 1.55. The number of hydrogen-bond donors (Lipinski definition) is 2. The minimum atomic E-state index is -1.57. The summed E-state index contributed by atoms with van der Waals surface area (Å²) >= 11 is 0. The lowest BCUT2D eigenvalue weighted by Gasteiger charge is -2.06. The second kappa shape index (κ2) is 12.9. The summed E-state index contributed by atoms with van der Waals surface area (Å²) in [7, 11) is -1.57. The SMILES string of the molecule is CCCCC[PH](=O)Cc1ccc(NC(=O)/C=C/c2cccc(-c3ccc(CN)cc3)c2)cc1. The Bertz CT molecular complexity index is 1090. The normalized spacial score (nSPS) is 12.1. The monoisotopic (exact) mass is 460 g/mol. The maximum Gasteiger partial charge on any atom is 0.248 e. The summed E-state index contributed by atoms with van der Waals surface area (Å²) in [5.74, 6) is -0.186. The molecule has 0 spiro atoms. The van der Waals surface area contributed by atoms with Gasteiger partial charge in [-0.15, -0.1) is 0 Å². The molecule has 3 aromatic carbocycles. The number of nitrogens with two attached hydrogens (primary N) is 1. The number of anilines is 1. The van der Waals surface area contributed by atoms with E-state index in [1.807, 2.05) is 54.6 Å². The van der Waals surface area contributed by atoms with Crippen LogP contribution in [0, 0.1) is 0 Å². The quantitative estimate of drug-likeness (QED) is 0.190. The van der Waals surface area contributed by atoms with Gasteiger partial charge in [0.25, 0.3) is 0 Å². The Morgan fingerprint density at radius 3 is 2.36 bits per heavy atom. The summed E-state index contributed by atoms with van der Waals surface area (Å²) < 4.78 is 12.2.